The number of hydrogen-bond acceptors (Lipinski definition) is 5. The van der Waals surface area contributed by atoms with Crippen LogP contribution in [0, 0.1) is 0 Å². The predicted molar refractivity (Wildman–Crippen MR) is 80.4 cm³/mol. The maximum Gasteiger partial charge on any atom is 0.148 e. The highest BCUT2D eigenvalue weighted by molar-refractivity contribution is 5.59. The standard InChI is InChI=1S/C15H19N5/c1-2-13-14(19-16)17-10-18-15(13)20-8-7-11-5-3-4-6-12(11)9-20/h3-6,10H,2,7-9,16H2,1H3,(H,17,18,19). The van der Waals surface area contributed by atoms with Crippen LogP contribution in [0.1, 0.15) is 23.6 Å². The first-order chi connectivity index (χ1) is 9.83. The van der Waals surface area contributed by atoms with Gasteiger partial charge in [0, 0.05) is 18.7 Å². The largest absolute Gasteiger partial charge is 0.352 e. The van der Waals surface area contributed by atoms with Crippen molar-refractivity contribution in [2.24, 2.45) is 5.84 Å². The third-order valence-corrected chi connectivity index (χ3v) is 3.84. The minimum atomic E-state index is 0.719. The van der Waals surface area contributed by atoms with Gasteiger partial charge in [0.25, 0.3) is 0 Å². The summed E-state index contributed by atoms with van der Waals surface area (Å²) in [5, 5.41) is 0. The van der Waals surface area contributed by atoms with E-state index in [1.165, 1.54) is 11.1 Å². The highest BCUT2D eigenvalue weighted by atomic mass is 15.3. The minimum absolute atomic E-state index is 0.719. The molecule has 0 unspecified atom stereocenters. The number of fused-ring (bicyclic) bond motifs is 1. The summed E-state index contributed by atoms with van der Waals surface area (Å²) < 4.78 is 0. The van der Waals surface area contributed by atoms with Gasteiger partial charge in [-0.2, -0.15) is 0 Å². The quantitative estimate of drug-likeness (QED) is 0.658. The Morgan fingerprint density at radius 1 is 1.25 bits per heavy atom. The van der Waals surface area contributed by atoms with Gasteiger partial charge in [-0.3, -0.25) is 0 Å². The number of hydrazine groups is 1. The topological polar surface area (TPSA) is 67.1 Å². The van der Waals surface area contributed by atoms with E-state index < -0.39 is 0 Å². The molecule has 1 aliphatic heterocycles. The number of nitrogens with two attached hydrogens (primary N) is 1. The van der Waals surface area contributed by atoms with Crippen molar-refractivity contribution in [2.75, 3.05) is 16.9 Å². The van der Waals surface area contributed by atoms with Crippen LogP contribution in [-0.2, 0) is 19.4 Å². The Balaban J connectivity index is 1.95. The molecule has 1 aliphatic rings. The number of aromatic nitrogens is 2. The lowest BCUT2D eigenvalue weighted by Crippen LogP contribution is -2.32. The Morgan fingerprint density at radius 2 is 2.05 bits per heavy atom. The molecule has 104 valence electrons. The first-order valence-corrected chi connectivity index (χ1v) is 6.95. The molecule has 0 fully saturated rings. The fourth-order valence-corrected chi connectivity index (χ4v) is 2.80. The Morgan fingerprint density at radius 3 is 2.80 bits per heavy atom. The lowest BCUT2D eigenvalue weighted by molar-refractivity contribution is 0.714. The summed E-state index contributed by atoms with van der Waals surface area (Å²) in [6.07, 6.45) is 3.48. The van der Waals surface area contributed by atoms with Gasteiger partial charge in [-0.1, -0.05) is 31.2 Å². The average Bonchev–Trinajstić information content (AvgIpc) is 2.53. The van der Waals surface area contributed by atoms with Crippen molar-refractivity contribution in [3.05, 3.63) is 47.3 Å². The summed E-state index contributed by atoms with van der Waals surface area (Å²) in [5.74, 6) is 7.25. The molecule has 20 heavy (non-hydrogen) atoms. The molecule has 0 radical (unpaired) electrons. The molecule has 0 saturated heterocycles. The van der Waals surface area contributed by atoms with Crippen molar-refractivity contribution < 1.29 is 0 Å². The van der Waals surface area contributed by atoms with E-state index in [9.17, 15) is 0 Å². The summed E-state index contributed by atoms with van der Waals surface area (Å²) >= 11 is 0. The molecule has 1 aromatic carbocycles. The summed E-state index contributed by atoms with van der Waals surface area (Å²) in [5.41, 5.74) is 6.56. The monoisotopic (exact) mass is 269 g/mol. The van der Waals surface area contributed by atoms with E-state index in [2.05, 4.69) is 51.5 Å². The molecular formula is C15H19N5. The van der Waals surface area contributed by atoms with Gasteiger partial charge in [-0.15, -0.1) is 0 Å². The second-order valence-electron chi connectivity index (χ2n) is 4.96. The lowest BCUT2D eigenvalue weighted by atomic mass is 9.99. The SMILES string of the molecule is CCc1c(NN)ncnc1N1CCc2ccccc2C1. The number of hydrogen-bond donors (Lipinski definition) is 2. The zero-order valence-electron chi connectivity index (χ0n) is 11.6. The zero-order valence-corrected chi connectivity index (χ0v) is 11.6. The van der Waals surface area contributed by atoms with Gasteiger partial charge in [-0.05, 0) is 24.0 Å². The summed E-state index contributed by atoms with van der Waals surface area (Å²) in [7, 11) is 0. The Hall–Kier alpha value is -2.14. The van der Waals surface area contributed by atoms with Crippen LogP contribution in [0.4, 0.5) is 11.6 Å². The Labute approximate surface area is 118 Å². The van der Waals surface area contributed by atoms with Gasteiger partial charge < -0.3 is 10.3 Å². The van der Waals surface area contributed by atoms with Gasteiger partial charge >= 0.3 is 0 Å². The van der Waals surface area contributed by atoms with Crippen molar-refractivity contribution in [3.63, 3.8) is 0 Å². The molecule has 0 spiro atoms. The van der Waals surface area contributed by atoms with Crippen molar-refractivity contribution >= 4 is 11.6 Å². The van der Waals surface area contributed by atoms with Gasteiger partial charge in [-0.25, -0.2) is 15.8 Å². The van der Waals surface area contributed by atoms with E-state index in [0.29, 0.717) is 0 Å². The molecule has 3 rings (SSSR count). The highest BCUT2D eigenvalue weighted by Crippen LogP contribution is 2.28. The van der Waals surface area contributed by atoms with Gasteiger partial charge in [0.2, 0.25) is 0 Å². The second kappa shape index (κ2) is 5.46. The van der Waals surface area contributed by atoms with Crippen LogP contribution in [-0.4, -0.2) is 16.5 Å². The molecule has 2 heterocycles. The second-order valence-corrected chi connectivity index (χ2v) is 4.96. The summed E-state index contributed by atoms with van der Waals surface area (Å²) in [4.78, 5) is 11.0. The fraction of sp³-hybridized carbons (Fsp3) is 0.333. The average molecular weight is 269 g/mol. The summed E-state index contributed by atoms with van der Waals surface area (Å²) in [6, 6.07) is 8.60. The molecule has 5 heteroatoms. The normalized spacial score (nSPS) is 14.0. The molecule has 0 bridgehead atoms. The van der Waals surface area contributed by atoms with E-state index in [-0.39, 0.29) is 0 Å². The molecule has 0 amide bonds. The van der Waals surface area contributed by atoms with Crippen molar-refractivity contribution in [3.8, 4) is 0 Å². The third-order valence-electron chi connectivity index (χ3n) is 3.84. The maximum atomic E-state index is 5.54. The minimum Gasteiger partial charge on any atom is -0.352 e. The first-order valence-electron chi connectivity index (χ1n) is 6.95. The molecule has 2 aromatic rings. The molecule has 1 aromatic heterocycles. The van der Waals surface area contributed by atoms with Crippen molar-refractivity contribution in [1.29, 1.82) is 0 Å². The van der Waals surface area contributed by atoms with E-state index in [4.69, 9.17) is 5.84 Å². The molecular weight excluding hydrogens is 250 g/mol. The Bertz CT molecular complexity index is 611. The predicted octanol–water partition coefficient (Wildman–Crippen LogP) is 1.89. The smallest absolute Gasteiger partial charge is 0.148 e. The molecule has 0 atom stereocenters. The number of rotatable bonds is 3. The number of anilines is 2. The van der Waals surface area contributed by atoms with Gasteiger partial charge in [0.05, 0.1) is 0 Å². The fourth-order valence-electron chi connectivity index (χ4n) is 2.80. The molecule has 5 nitrogen and oxygen atoms in total. The van der Waals surface area contributed by atoms with Crippen LogP contribution in [0.3, 0.4) is 0 Å². The number of nitrogens with zero attached hydrogens (tertiary/aromatic N) is 3. The molecule has 0 saturated carbocycles. The van der Waals surface area contributed by atoms with Crippen LogP contribution in [0.2, 0.25) is 0 Å². The number of benzene rings is 1. The van der Waals surface area contributed by atoms with Crippen molar-refractivity contribution in [2.45, 2.75) is 26.3 Å². The van der Waals surface area contributed by atoms with Crippen LogP contribution in [0.25, 0.3) is 0 Å². The Kier molecular flexibility index (Phi) is 3.52. The number of nitrogens with one attached hydrogen (secondary N) is 1. The molecule has 0 aliphatic carbocycles. The van der Waals surface area contributed by atoms with Crippen LogP contribution >= 0.6 is 0 Å². The third kappa shape index (κ3) is 2.20. The lowest BCUT2D eigenvalue weighted by Gasteiger charge is -2.31. The van der Waals surface area contributed by atoms with E-state index in [1.54, 1.807) is 6.33 Å². The van der Waals surface area contributed by atoms with Crippen molar-refractivity contribution in [1.82, 2.24) is 9.97 Å². The van der Waals surface area contributed by atoms with E-state index in [0.717, 1.165) is 43.1 Å². The highest BCUT2D eigenvalue weighted by Gasteiger charge is 2.20. The van der Waals surface area contributed by atoms with Gasteiger partial charge in [0.15, 0.2) is 0 Å². The van der Waals surface area contributed by atoms with Crippen LogP contribution in [0.5, 0.6) is 0 Å². The van der Waals surface area contributed by atoms with Crippen LogP contribution in [0.15, 0.2) is 30.6 Å². The first kappa shape index (κ1) is 12.9. The van der Waals surface area contributed by atoms with Crippen LogP contribution < -0.4 is 16.2 Å². The summed E-state index contributed by atoms with van der Waals surface area (Å²) in [6.45, 7) is 3.97. The number of nitrogen functional groups attached to an aromatic ring is 1. The van der Waals surface area contributed by atoms with Gasteiger partial charge in [0.1, 0.15) is 18.0 Å². The van der Waals surface area contributed by atoms with E-state index in [1.807, 2.05) is 0 Å². The maximum absolute atomic E-state index is 5.54. The molecule has 3 N–H and O–H groups in total. The zero-order chi connectivity index (χ0) is 13.9. The van der Waals surface area contributed by atoms with E-state index >= 15 is 0 Å².